The molecule has 0 unspecified atom stereocenters. The molecule has 5 nitrogen and oxygen atoms in total. The number of fused-ring (bicyclic) bond motifs is 1. The van der Waals surface area contributed by atoms with Crippen molar-refractivity contribution in [3.63, 3.8) is 0 Å². The van der Waals surface area contributed by atoms with Crippen LogP contribution in [0.3, 0.4) is 0 Å². The minimum absolute atomic E-state index is 0.119. The summed E-state index contributed by atoms with van der Waals surface area (Å²) in [6, 6.07) is 3.00. The zero-order valence-corrected chi connectivity index (χ0v) is 18.7. The molecule has 0 saturated carbocycles. The Kier molecular flexibility index (Phi) is 6.44. The molecule has 3 aromatic heterocycles. The molecule has 0 saturated heterocycles. The number of halogens is 6. The van der Waals surface area contributed by atoms with Crippen LogP contribution in [0.15, 0.2) is 35.5 Å². The average molecular weight is 491 g/mol. The Morgan fingerprint density at radius 3 is 2.27 bits per heavy atom. The van der Waals surface area contributed by atoms with Gasteiger partial charge in [0.15, 0.2) is 0 Å². The number of aromatic nitrogens is 3. The lowest BCUT2D eigenvalue weighted by atomic mass is 10.1. The van der Waals surface area contributed by atoms with Gasteiger partial charge in [-0.3, -0.25) is 9.97 Å². The van der Waals surface area contributed by atoms with Crippen LogP contribution in [0.5, 0.6) is 0 Å². The molecule has 0 atom stereocenters. The van der Waals surface area contributed by atoms with Crippen LogP contribution in [0, 0.1) is 0 Å². The first-order valence-corrected chi connectivity index (χ1v) is 10.6. The molecular formula is C21H19F6N3O2S. The number of carbonyl (C=O) groups excluding carboxylic acids is 1. The average Bonchev–Trinajstić information content (AvgIpc) is 3.01. The van der Waals surface area contributed by atoms with Gasteiger partial charge in [-0.05, 0) is 44.7 Å². The van der Waals surface area contributed by atoms with E-state index >= 15 is 0 Å². The van der Waals surface area contributed by atoms with E-state index in [1.807, 2.05) is 0 Å². The maximum absolute atomic E-state index is 14.3. The Hall–Kier alpha value is -2.76. The van der Waals surface area contributed by atoms with E-state index in [0.717, 1.165) is 12.3 Å². The van der Waals surface area contributed by atoms with Gasteiger partial charge in [0.2, 0.25) is 0 Å². The highest BCUT2D eigenvalue weighted by molar-refractivity contribution is 7.99. The van der Waals surface area contributed by atoms with Gasteiger partial charge in [0, 0.05) is 17.3 Å². The number of alkyl halides is 6. The number of pyridine rings is 2. The topological polar surface area (TPSA) is 57.0 Å². The standard InChI is InChI=1S/C21H19F6N3O2S/c1-5-33-17-11(20(22,23)24)8-10-29-15(17)16-13(18(31)32-19(2,3)4)14-12(7-6-9-28-14)30(16)21(25,26)27/h6-10H,5H2,1-4H3. The van der Waals surface area contributed by atoms with Crippen molar-refractivity contribution in [2.24, 2.45) is 0 Å². The number of thioether (sulfide) groups is 1. The quantitative estimate of drug-likeness (QED) is 0.232. The fourth-order valence-electron chi connectivity index (χ4n) is 3.25. The van der Waals surface area contributed by atoms with Crippen molar-refractivity contribution in [1.29, 1.82) is 0 Å². The van der Waals surface area contributed by atoms with Crippen molar-refractivity contribution in [3.8, 4) is 11.4 Å². The highest BCUT2D eigenvalue weighted by Crippen LogP contribution is 2.46. The molecule has 0 aliphatic rings. The van der Waals surface area contributed by atoms with Crippen LogP contribution in [0.1, 0.15) is 43.6 Å². The van der Waals surface area contributed by atoms with Gasteiger partial charge in [-0.25, -0.2) is 9.36 Å². The predicted molar refractivity (Wildman–Crippen MR) is 111 cm³/mol. The predicted octanol–water partition coefficient (Wildman–Crippen LogP) is 6.66. The van der Waals surface area contributed by atoms with E-state index in [1.54, 1.807) is 6.92 Å². The number of nitrogens with zero attached hydrogens (tertiary/aromatic N) is 3. The second-order valence-corrected chi connectivity index (χ2v) is 9.14. The molecule has 33 heavy (non-hydrogen) atoms. The highest BCUT2D eigenvalue weighted by atomic mass is 32.2. The molecule has 12 heteroatoms. The second kappa shape index (κ2) is 8.54. The van der Waals surface area contributed by atoms with Crippen LogP contribution in [0.25, 0.3) is 22.4 Å². The normalized spacial score (nSPS) is 12.9. The van der Waals surface area contributed by atoms with Crippen molar-refractivity contribution >= 4 is 28.8 Å². The van der Waals surface area contributed by atoms with Crippen molar-refractivity contribution in [3.05, 3.63) is 41.7 Å². The lowest BCUT2D eigenvalue weighted by Crippen LogP contribution is -2.25. The number of esters is 1. The van der Waals surface area contributed by atoms with Crippen LogP contribution in [0.2, 0.25) is 0 Å². The van der Waals surface area contributed by atoms with Gasteiger partial charge < -0.3 is 4.74 Å². The third-order valence-electron chi connectivity index (χ3n) is 4.30. The summed E-state index contributed by atoms with van der Waals surface area (Å²) in [5, 5.41) is 0. The Labute approximate surface area is 189 Å². The van der Waals surface area contributed by atoms with Gasteiger partial charge in [-0.2, -0.15) is 13.2 Å². The molecule has 3 heterocycles. The summed E-state index contributed by atoms with van der Waals surface area (Å²) in [7, 11) is 0. The Bertz CT molecular complexity index is 1200. The number of hydrogen-bond acceptors (Lipinski definition) is 5. The molecule has 0 bridgehead atoms. The van der Waals surface area contributed by atoms with E-state index in [2.05, 4.69) is 9.97 Å². The Morgan fingerprint density at radius 1 is 1.06 bits per heavy atom. The van der Waals surface area contributed by atoms with E-state index in [-0.39, 0.29) is 15.8 Å². The summed E-state index contributed by atoms with van der Waals surface area (Å²) in [5.74, 6) is -1.04. The SMILES string of the molecule is CCSc1c(C(F)(F)F)ccnc1-c1c(C(=O)OC(C)(C)C)c2ncccc2n1C(F)(F)F. The summed E-state index contributed by atoms with van der Waals surface area (Å²) in [4.78, 5) is 20.3. The fourth-order valence-corrected chi connectivity index (χ4v) is 4.17. The molecular weight excluding hydrogens is 472 g/mol. The van der Waals surface area contributed by atoms with Crippen LogP contribution in [-0.2, 0) is 17.2 Å². The molecule has 0 spiro atoms. The molecule has 0 aromatic carbocycles. The van der Waals surface area contributed by atoms with Crippen molar-refractivity contribution < 1.29 is 35.9 Å². The molecule has 0 aliphatic heterocycles. The summed E-state index contributed by atoms with van der Waals surface area (Å²) < 4.78 is 89.0. The summed E-state index contributed by atoms with van der Waals surface area (Å²) in [6.45, 7) is 6.10. The minimum Gasteiger partial charge on any atom is -0.456 e. The number of ether oxygens (including phenoxy) is 1. The maximum atomic E-state index is 14.3. The first-order valence-electron chi connectivity index (χ1n) is 9.66. The third kappa shape index (κ3) is 4.94. The molecule has 0 N–H and O–H groups in total. The van der Waals surface area contributed by atoms with E-state index in [0.29, 0.717) is 17.8 Å². The fraction of sp³-hybridized carbons (Fsp3) is 0.381. The van der Waals surface area contributed by atoms with Crippen molar-refractivity contribution in [2.75, 3.05) is 5.75 Å². The van der Waals surface area contributed by atoms with Gasteiger partial charge in [-0.1, -0.05) is 6.92 Å². The molecule has 3 rings (SSSR count). The zero-order valence-electron chi connectivity index (χ0n) is 17.9. The Morgan fingerprint density at radius 2 is 1.73 bits per heavy atom. The smallest absolute Gasteiger partial charge is 0.456 e. The van der Waals surface area contributed by atoms with Crippen molar-refractivity contribution in [2.45, 2.75) is 50.7 Å². The lowest BCUT2D eigenvalue weighted by Gasteiger charge is -2.21. The Balaban J connectivity index is 2.52. The van der Waals surface area contributed by atoms with E-state index in [4.69, 9.17) is 4.74 Å². The van der Waals surface area contributed by atoms with E-state index < -0.39 is 57.0 Å². The lowest BCUT2D eigenvalue weighted by molar-refractivity contribution is -0.199. The molecule has 178 valence electrons. The van der Waals surface area contributed by atoms with Gasteiger partial charge >= 0.3 is 18.4 Å². The molecule has 0 fully saturated rings. The summed E-state index contributed by atoms with van der Waals surface area (Å²) in [5.41, 5.74) is -5.19. The van der Waals surface area contributed by atoms with Crippen LogP contribution >= 0.6 is 11.8 Å². The minimum atomic E-state index is -5.10. The zero-order chi connectivity index (χ0) is 24.8. The highest BCUT2D eigenvalue weighted by Gasteiger charge is 2.43. The molecule has 0 amide bonds. The first kappa shape index (κ1) is 24.9. The molecule has 0 radical (unpaired) electrons. The van der Waals surface area contributed by atoms with Crippen LogP contribution in [-0.4, -0.2) is 31.9 Å². The van der Waals surface area contributed by atoms with Crippen LogP contribution in [0.4, 0.5) is 26.3 Å². The van der Waals surface area contributed by atoms with E-state index in [1.165, 1.54) is 33.0 Å². The molecule has 0 aliphatic carbocycles. The first-order chi connectivity index (χ1) is 15.2. The number of rotatable bonds is 4. The largest absolute Gasteiger partial charge is 0.489 e. The third-order valence-corrected chi connectivity index (χ3v) is 5.29. The van der Waals surface area contributed by atoms with Gasteiger partial charge in [0.1, 0.15) is 22.4 Å². The molecule has 3 aromatic rings. The monoisotopic (exact) mass is 491 g/mol. The number of carbonyl (C=O) groups is 1. The maximum Gasteiger partial charge on any atom is 0.489 e. The van der Waals surface area contributed by atoms with Gasteiger partial charge in [0.05, 0.1) is 16.8 Å². The summed E-state index contributed by atoms with van der Waals surface area (Å²) >= 11 is 0.677. The van der Waals surface area contributed by atoms with Crippen LogP contribution < -0.4 is 0 Å². The van der Waals surface area contributed by atoms with E-state index in [9.17, 15) is 31.1 Å². The number of hydrogen-bond donors (Lipinski definition) is 0. The van der Waals surface area contributed by atoms with Gasteiger partial charge in [0.25, 0.3) is 0 Å². The summed E-state index contributed by atoms with van der Waals surface area (Å²) in [6.07, 6.45) is -8.00. The van der Waals surface area contributed by atoms with Crippen molar-refractivity contribution in [1.82, 2.24) is 14.5 Å². The van der Waals surface area contributed by atoms with Gasteiger partial charge in [-0.15, -0.1) is 24.9 Å². The second-order valence-electron chi connectivity index (χ2n) is 7.87.